The van der Waals surface area contributed by atoms with Gasteiger partial charge >= 0.3 is 0 Å². The van der Waals surface area contributed by atoms with E-state index in [0.717, 1.165) is 5.92 Å². The molecule has 0 aromatic heterocycles. The smallest absolute Gasteiger partial charge is 0.237 e. The summed E-state index contributed by atoms with van der Waals surface area (Å²) >= 11 is 0. The second kappa shape index (κ2) is 3.08. The molecule has 0 aromatic carbocycles. The monoisotopic (exact) mass is 231 g/mol. The normalized spacial score (nSPS) is 56.2. The lowest BCUT2D eigenvalue weighted by Crippen LogP contribution is -2.58. The van der Waals surface area contributed by atoms with Gasteiger partial charge in [0.2, 0.25) is 5.54 Å². The van der Waals surface area contributed by atoms with Gasteiger partial charge in [-0.1, -0.05) is 27.7 Å². The van der Waals surface area contributed by atoms with Crippen molar-refractivity contribution >= 4 is 0 Å². The summed E-state index contributed by atoms with van der Waals surface area (Å²) in [6, 6.07) is 0. The summed E-state index contributed by atoms with van der Waals surface area (Å²) in [7, 11) is 0. The van der Waals surface area contributed by atoms with Crippen LogP contribution in [-0.4, -0.2) is 5.54 Å². The topological polar surface area (TPSA) is 4.36 Å². The van der Waals surface area contributed by atoms with E-state index < -0.39 is 0 Å². The van der Waals surface area contributed by atoms with Crippen molar-refractivity contribution in [3.8, 4) is 0 Å². The predicted molar refractivity (Wildman–Crippen MR) is 70.5 cm³/mol. The number of nitrogens with zero attached hydrogens (tertiary/aromatic N) is 1. The Morgan fingerprint density at radius 1 is 1.06 bits per heavy atom. The Morgan fingerprint density at radius 3 is 1.94 bits per heavy atom. The first-order valence-corrected chi connectivity index (χ1v) is 7.25. The molecule has 0 amide bonds. The lowest BCUT2D eigenvalue weighted by Gasteiger charge is -2.58. The van der Waals surface area contributed by atoms with E-state index in [4.69, 9.17) is 6.57 Å². The Hall–Kier alpha value is -0.510. The zero-order chi connectivity index (χ0) is 12.5. The molecule has 4 aliphatic carbocycles. The van der Waals surface area contributed by atoms with Crippen LogP contribution in [0.5, 0.6) is 0 Å². The average Bonchev–Trinajstić information content (AvgIpc) is 2.42. The van der Waals surface area contributed by atoms with Gasteiger partial charge in [-0.05, 0) is 42.4 Å². The SMILES string of the molecule is [C-]#[N+][C@]1(C(C)C)CC2[C@@]3(C)CC[C@]2(C)CC1C3. The first-order chi connectivity index (χ1) is 7.86. The summed E-state index contributed by atoms with van der Waals surface area (Å²) in [5.74, 6) is 2.01. The number of fused-ring (bicyclic) bond motifs is 1. The van der Waals surface area contributed by atoms with Gasteiger partial charge in [-0.2, -0.15) is 0 Å². The van der Waals surface area contributed by atoms with Crippen LogP contribution in [0, 0.1) is 35.2 Å². The van der Waals surface area contributed by atoms with Crippen LogP contribution in [-0.2, 0) is 0 Å². The standard InChI is InChI=1S/C16H25N/c1-11(2)16(17-5)10-13-14(3)6-7-15(13,4)9-12(16)8-14/h11-13H,6-10H2,1-4H3/t12?,13?,14-,15+,16-/m0/s1. The van der Waals surface area contributed by atoms with Crippen LogP contribution in [0.2, 0.25) is 0 Å². The van der Waals surface area contributed by atoms with Crippen molar-refractivity contribution in [2.75, 3.05) is 0 Å². The highest BCUT2D eigenvalue weighted by Crippen LogP contribution is 2.72. The van der Waals surface area contributed by atoms with E-state index in [2.05, 4.69) is 32.5 Å². The quantitative estimate of drug-likeness (QED) is 0.584. The van der Waals surface area contributed by atoms with Crippen LogP contribution < -0.4 is 0 Å². The molecule has 4 saturated carbocycles. The first-order valence-electron chi connectivity index (χ1n) is 7.25. The largest absolute Gasteiger partial charge is 0.310 e. The van der Waals surface area contributed by atoms with Crippen molar-refractivity contribution < 1.29 is 0 Å². The van der Waals surface area contributed by atoms with E-state index in [1.165, 1.54) is 32.1 Å². The summed E-state index contributed by atoms with van der Waals surface area (Å²) in [4.78, 5) is 4.17. The second-order valence-corrected chi connectivity index (χ2v) is 7.93. The fraction of sp³-hybridized carbons (Fsp3) is 0.938. The average molecular weight is 231 g/mol. The van der Waals surface area contributed by atoms with Crippen LogP contribution >= 0.6 is 0 Å². The van der Waals surface area contributed by atoms with Crippen LogP contribution in [0.25, 0.3) is 4.85 Å². The molecule has 4 rings (SSSR count). The van der Waals surface area contributed by atoms with Crippen molar-refractivity contribution in [3.05, 3.63) is 11.4 Å². The summed E-state index contributed by atoms with van der Waals surface area (Å²) < 4.78 is 0. The highest BCUT2D eigenvalue weighted by Gasteiger charge is 2.69. The fourth-order valence-electron chi connectivity index (χ4n) is 5.76. The highest BCUT2D eigenvalue weighted by molar-refractivity contribution is 5.22. The van der Waals surface area contributed by atoms with Crippen molar-refractivity contribution in [1.82, 2.24) is 0 Å². The van der Waals surface area contributed by atoms with Gasteiger partial charge in [0.25, 0.3) is 0 Å². The van der Waals surface area contributed by atoms with Crippen LogP contribution in [0.3, 0.4) is 0 Å². The molecule has 4 aliphatic rings. The third-order valence-corrected chi connectivity index (χ3v) is 6.82. The van der Waals surface area contributed by atoms with Crippen molar-refractivity contribution in [1.29, 1.82) is 0 Å². The molecule has 4 bridgehead atoms. The Labute approximate surface area is 106 Å². The van der Waals surface area contributed by atoms with Gasteiger partial charge in [0, 0.05) is 18.3 Å². The molecule has 17 heavy (non-hydrogen) atoms. The minimum absolute atomic E-state index is 0.0198. The van der Waals surface area contributed by atoms with E-state index in [1.54, 1.807) is 0 Å². The summed E-state index contributed by atoms with van der Waals surface area (Å²) in [6.45, 7) is 17.3. The third-order valence-electron chi connectivity index (χ3n) is 6.82. The minimum atomic E-state index is -0.0198. The zero-order valence-electron chi connectivity index (χ0n) is 11.7. The number of hydrogen-bond acceptors (Lipinski definition) is 0. The third kappa shape index (κ3) is 1.20. The summed E-state index contributed by atoms with van der Waals surface area (Å²) in [5, 5.41) is 0. The molecular formula is C16H25N. The van der Waals surface area contributed by atoms with Crippen LogP contribution in [0.15, 0.2) is 0 Å². The lowest BCUT2D eigenvalue weighted by molar-refractivity contribution is -0.0827. The van der Waals surface area contributed by atoms with Gasteiger partial charge in [-0.15, -0.1) is 0 Å². The zero-order valence-corrected chi connectivity index (χ0v) is 11.7. The molecule has 94 valence electrons. The maximum absolute atomic E-state index is 7.73. The van der Waals surface area contributed by atoms with Gasteiger partial charge in [0.1, 0.15) is 0 Å². The maximum Gasteiger partial charge on any atom is 0.237 e. The van der Waals surface area contributed by atoms with E-state index in [9.17, 15) is 0 Å². The van der Waals surface area contributed by atoms with Gasteiger partial charge in [-0.25, -0.2) is 6.57 Å². The van der Waals surface area contributed by atoms with E-state index >= 15 is 0 Å². The molecule has 0 aromatic rings. The van der Waals surface area contributed by atoms with E-state index in [1.807, 2.05) is 0 Å². The second-order valence-electron chi connectivity index (χ2n) is 7.93. The van der Waals surface area contributed by atoms with Gasteiger partial charge in [0.15, 0.2) is 0 Å². The van der Waals surface area contributed by atoms with E-state index in [-0.39, 0.29) is 5.54 Å². The van der Waals surface area contributed by atoms with Gasteiger partial charge in [0.05, 0.1) is 0 Å². The molecule has 1 heteroatoms. The van der Waals surface area contributed by atoms with Crippen molar-refractivity contribution in [2.24, 2.45) is 28.6 Å². The van der Waals surface area contributed by atoms with Crippen molar-refractivity contribution in [2.45, 2.75) is 65.3 Å². The minimum Gasteiger partial charge on any atom is -0.310 e. The molecule has 0 aliphatic heterocycles. The van der Waals surface area contributed by atoms with Crippen molar-refractivity contribution in [3.63, 3.8) is 0 Å². The number of hydrogen-bond donors (Lipinski definition) is 0. The van der Waals surface area contributed by atoms with Crippen LogP contribution in [0.4, 0.5) is 0 Å². The molecule has 5 atom stereocenters. The maximum atomic E-state index is 7.73. The molecule has 0 heterocycles. The molecule has 2 unspecified atom stereocenters. The fourth-order valence-corrected chi connectivity index (χ4v) is 5.76. The molecule has 0 radical (unpaired) electrons. The summed E-state index contributed by atoms with van der Waals surface area (Å²) in [5.41, 5.74) is 1.12. The Balaban J connectivity index is 2.04. The van der Waals surface area contributed by atoms with Gasteiger partial charge < -0.3 is 4.85 Å². The van der Waals surface area contributed by atoms with Gasteiger partial charge in [-0.3, -0.25) is 0 Å². The first kappa shape index (κ1) is 11.6. The Morgan fingerprint density at radius 2 is 1.59 bits per heavy atom. The number of rotatable bonds is 1. The molecule has 0 saturated heterocycles. The predicted octanol–water partition coefficient (Wildman–Crippen LogP) is 4.54. The molecule has 4 fully saturated rings. The van der Waals surface area contributed by atoms with Crippen LogP contribution in [0.1, 0.15) is 59.8 Å². The molecule has 0 N–H and O–H groups in total. The lowest BCUT2D eigenvalue weighted by atomic mass is 9.45. The summed E-state index contributed by atoms with van der Waals surface area (Å²) in [6.07, 6.45) is 6.67. The molecular weight excluding hydrogens is 206 g/mol. The Bertz CT molecular complexity index is 373. The molecule has 0 spiro atoms. The highest BCUT2D eigenvalue weighted by atomic mass is 14.9. The Kier molecular flexibility index (Phi) is 2.10. The van der Waals surface area contributed by atoms with E-state index in [0.29, 0.717) is 22.7 Å². The molecule has 1 nitrogen and oxygen atoms in total.